The lowest BCUT2D eigenvalue weighted by molar-refractivity contribution is 0.0536. The highest BCUT2D eigenvalue weighted by atomic mass is 16.5. The van der Waals surface area contributed by atoms with Gasteiger partial charge >= 0.3 is 0 Å². The maximum Gasteiger partial charge on any atom is 0.193 e. The highest BCUT2D eigenvalue weighted by Gasteiger charge is 2.26. The van der Waals surface area contributed by atoms with E-state index in [1.54, 1.807) is 7.11 Å². The smallest absolute Gasteiger partial charge is 0.193 e. The minimum atomic E-state index is 0.432. The Kier molecular flexibility index (Phi) is 7.35. The van der Waals surface area contributed by atoms with Crippen LogP contribution in [0.15, 0.2) is 29.3 Å². The fourth-order valence-electron chi connectivity index (χ4n) is 4.06. The molecule has 0 spiro atoms. The third-order valence-electron chi connectivity index (χ3n) is 5.59. The van der Waals surface area contributed by atoms with Crippen molar-refractivity contribution in [1.29, 1.82) is 0 Å². The van der Waals surface area contributed by atoms with Crippen LogP contribution < -0.4 is 10.2 Å². The topological polar surface area (TPSA) is 49.3 Å². The third-order valence-corrected chi connectivity index (χ3v) is 5.59. The van der Waals surface area contributed by atoms with Crippen molar-refractivity contribution in [3.63, 3.8) is 0 Å². The molecule has 6 nitrogen and oxygen atoms in total. The average molecular weight is 375 g/mol. The second-order valence-corrected chi connectivity index (χ2v) is 7.52. The number of hydrogen-bond acceptors (Lipinski definition) is 4. The van der Waals surface area contributed by atoms with E-state index in [1.165, 1.54) is 11.3 Å². The highest BCUT2D eigenvalue weighted by Crippen LogP contribution is 2.29. The Labute approximate surface area is 163 Å². The van der Waals surface area contributed by atoms with E-state index in [1.807, 2.05) is 7.05 Å². The number of nitrogens with zero attached hydrogens (tertiary/aromatic N) is 3. The van der Waals surface area contributed by atoms with Gasteiger partial charge in [-0.2, -0.15) is 0 Å². The summed E-state index contributed by atoms with van der Waals surface area (Å²) < 4.78 is 10.7. The summed E-state index contributed by atoms with van der Waals surface area (Å²) >= 11 is 0. The summed E-state index contributed by atoms with van der Waals surface area (Å²) in [4.78, 5) is 9.37. The molecule has 1 aromatic rings. The van der Waals surface area contributed by atoms with Crippen LogP contribution in [0.4, 0.5) is 5.69 Å². The highest BCUT2D eigenvalue weighted by molar-refractivity contribution is 5.80. The number of ether oxygens (including phenoxy) is 2. The van der Waals surface area contributed by atoms with Gasteiger partial charge in [0, 0.05) is 58.0 Å². The van der Waals surface area contributed by atoms with Gasteiger partial charge in [0.2, 0.25) is 0 Å². The Morgan fingerprint density at radius 3 is 2.96 bits per heavy atom. The lowest BCUT2D eigenvalue weighted by Crippen LogP contribution is -2.46. The summed E-state index contributed by atoms with van der Waals surface area (Å²) in [7, 11) is 3.58. The number of aliphatic imine (C=N–C) groups is 1. The molecule has 2 unspecified atom stereocenters. The number of benzene rings is 1. The summed E-state index contributed by atoms with van der Waals surface area (Å²) in [5.41, 5.74) is 2.85. The molecule has 6 heteroatoms. The lowest BCUT2D eigenvalue weighted by atomic mass is 10.1. The summed E-state index contributed by atoms with van der Waals surface area (Å²) in [6.45, 7) is 8.48. The Bertz CT molecular complexity index is 622. The number of anilines is 1. The van der Waals surface area contributed by atoms with Gasteiger partial charge in [-0.25, -0.2) is 0 Å². The molecule has 1 saturated heterocycles. The second kappa shape index (κ2) is 9.95. The molecule has 0 bridgehead atoms. The molecule has 1 N–H and O–H groups in total. The van der Waals surface area contributed by atoms with Crippen LogP contribution in [0.3, 0.4) is 0 Å². The van der Waals surface area contributed by atoms with Crippen molar-refractivity contribution in [3.05, 3.63) is 29.8 Å². The normalized spacial score (nSPS) is 20.9. The molecule has 2 aliphatic rings. The van der Waals surface area contributed by atoms with E-state index in [0.29, 0.717) is 25.2 Å². The summed E-state index contributed by atoms with van der Waals surface area (Å²) in [5, 5.41) is 3.59. The largest absolute Gasteiger partial charge is 0.382 e. The van der Waals surface area contributed by atoms with Gasteiger partial charge in [-0.1, -0.05) is 18.2 Å². The van der Waals surface area contributed by atoms with Crippen molar-refractivity contribution in [2.45, 2.75) is 25.8 Å². The molecule has 0 aromatic heterocycles. The van der Waals surface area contributed by atoms with E-state index in [9.17, 15) is 0 Å². The number of nitrogens with one attached hydrogen (secondary N) is 1. The number of para-hydroxylation sites is 1. The van der Waals surface area contributed by atoms with Gasteiger partial charge in [0.05, 0.1) is 19.8 Å². The quantitative estimate of drug-likeness (QED) is 0.428. The van der Waals surface area contributed by atoms with Crippen molar-refractivity contribution in [3.8, 4) is 0 Å². The first-order chi connectivity index (χ1) is 13.2. The molecule has 3 rings (SSSR count). The molecule has 2 heterocycles. The SMILES string of the molecule is CN=C(NCC(C)N1CCc2ccccc21)N1CCC(COCCOC)C1. The lowest BCUT2D eigenvalue weighted by Gasteiger charge is -2.29. The molecule has 150 valence electrons. The summed E-state index contributed by atoms with van der Waals surface area (Å²) in [5.74, 6) is 1.58. The minimum absolute atomic E-state index is 0.432. The van der Waals surface area contributed by atoms with Gasteiger partial charge < -0.3 is 24.6 Å². The monoisotopic (exact) mass is 374 g/mol. The van der Waals surface area contributed by atoms with Crippen LogP contribution in [0.1, 0.15) is 18.9 Å². The number of rotatable bonds is 8. The minimum Gasteiger partial charge on any atom is -0.382 e. The molecule has 0 saturated carbocycles. The predicted octanol–water partition coefficient (Wildman–Crippen LogP) is 2.00. The Balaban J connectivity index is 1.44. The van der Waals surface area contributed by atoms with Gasteiger partial charge in [0.1, 0.15) is 0 Å². The van der Waals surface area contributed by atoms with E-state index >= 15 is 0 Å². The van der Waals surface area contributed by atoms with Crippen molar-refractivity contribution < 1.29 is 9.47 Å². The zero-order chi connectivity index (χ0) is 19.1. The van der Waals surface area contributed by atoms with Crippen LogP contribution in [-0.2, 0) is 15.9 Å². The Hall–Kier alpha value is -1.79. The number of methoxy groups -OCH3 is 1. The molecular formula is C21H34N4O2. The summed E-state index contributed by atoms with van der Waals surface area (Å²) in [6.07, 6.45) is 2.30. The Morgan fingerprint density at radius 1 is 1.30 bits per heavy atom. The molecule has 0 amide bonds. The standard InChI is InChI=1S/C21H34N4O2/c1-17(25-11-9-19-6-4-5-7-20(19)25)14-23-21(22-2)24-10-8-18(15-24)16-27-13-12-26-3/h4-7,17-18H,8-16H2,1-3H3,(H,22,23). The fraction of sp³-hybridized carbons (Fsp3) is 0.667. The van der Waals surface area contributed by atoms with E-state index in [4.69, 9.17) is 9.47 Å². The first kappa shape index (κ1) is 20.0. The number of guanidine groups is 1. The molecule has 2 atom stereocenters. The van der Waals surface area contributed by atoms with Crippen LogP contribution in [0.25, 0.3) is 0 Å². The first-order valence-electron chi connectivity index (χ1n) is 10.1. The number of hydrogen-bond donors (Lipinski definition) is 1. The number of fused-ring (bicyclic) bond motifs is 1. The maximum absolute atomic E-state index is 5.70. The first-order valence-corrected chi connectivity index (χ1v) is 10.1. The second-order valence-electron chi connectivity index (χ2n) is 7.52. The van der Waals surface area contributed by atoms with Crippen molar-refractivity contribution in [2.24, 2.45) is 10.9 Å². The van der Waals surface area contributed by atoms with Gasteiger partial charge in [-0.15, -0.1) is 0 Å². The average Bonchev–Trinajstić information content (AvgIpc) is 3.33. The van der Waals surface area contributed by atoms with Gasteiger partial charge in [-0.3, -0.25) is 4.99 Å². The van der Waals surface area contributed by atoms with Crippen LogP contribution in [0.5, 0.6) is 0 Å². The summed E-state index contributed by atoms with van der Waals surface area (Å²) in [6, 6.07) is 9.18. The van der Waals surface area contributed by atoms with E-state index in [2.05, 4.69) is 51.3 Å². The number of likely N-dealkylation sites (tertiary alicyclic amines) is 1. The van der Waals surface area contributed by atoms with Crippen molar-refractivity contribution in [1.82, 2.24) is 10.2 Å². The molecule has 27 heavy (non-hydrogen) atoms. The third kappa shape index (κ3) is 5.14. The molecule has 0 radical (unpaired) electrons. The van der Waals surface area contributed by atoms with Crippen molar-refractivity contribution >= 4 is 11.6 Å². The molecule has 0 aliphatic carbocycles. The van der Waals surface area contributed by atoms with Crippen LogP contribution in [0.2, 0.25) is 0 Å². The molecule has 1 fully saturated rings. The molecular weight excluding hydrogens is 340 g/mol. The van der Waals surface area contributed by atoms with Crippen LogP contribution in [0, 0.1) is 5.92 Å². The maximum atomic E-state index is 5.70. The van der Waals surface area contributed by atoms with Gasteiger partial charge in [0.25, 0.3) is 0 Å². The van der Waals surface area contributed by atoms with Gasteiger partial charge in [-0.05, 0) is 31.4 Å². The van der Waals surface area contributed by atoms with Crippen LogP contribution in [-0.4, -0.2) is 77.1 Å². The van der Waals surface area contributed by atoms with E-state index in [0.717, 1.165) is 51.6 Å². The van der Waals surface area contributed by atoms with Crippen molar-refractivity contribution in [2.75, 3.05) is 65.1 Å². The predicted molar refractivity (Wildman–Crippen MR) is 111 cm³/mol. The zero-order valence-electron chi connectivity index (χ0n) is 17.0. The van der Waals surface area contributed by atoms with E-state index < -0.39 is 0 Å². The van der Waals surface area contributed by atoms with E-state index in [-0.39, 0.29) is 0 Å². The Morgan fingerprint density at radius 2 is 2.15 bits per heavy atom. The molecule has 2 aliphatic heterocycles. The zero-order valence-corrected chi connectivity index (χ0v) is 17.0. The molecule has 1 aromatic carbocycles. The van der Waals surface area contributed by atoms with Gasteiger partial charge in [0.15, 0.2) is 5.96 Å². The fourth-order valence-corrected chi connectivity index (χ4v) is 4.06. The van der Waals surface area contributed by atoms with Crippen LogP contribution >= 0.6 is 0 Å².